The van der Waals surface area contributed by atoms with Crippen LogP contribution in [0.15, 0.2) is 18.2 Å². The molecule has 0 aliphatic rings. The normalized spacial score (nSPS) is 12.7. The highest BCUT2D eigenvalue weighted by molar-refractivity contribution is 7.11. The van der Waals surface area contributed by atoms with Crippen molar-refractivity contribution in [2.45, 2.75) is 26.3 Å². The summed E-state index contributed by atoms with van der Waals surface area (Å²) >= 11 is 1.56. The summed E-state index contributed by atoms with van der Waals surface area (Å²) in [5, 5.41) is 4.07. The van der Waals surface area contributed by atoms with Crippen molar-refractivity contribution in [2.24, 2.45) is 0 Å². The predicted octanol–water partition coefficient (Wildman–Crippen LogP) is 3.54. The van der Waals surface area contributed by atoms with Crippen LogP contribution in [-0.2, 0) is 6.42 Å². The minimum Gasteiger partial charge on any atom is -0.312 e. The quantitative estimate of drug-likeness (QED) is 0.927. The van der Waals surface area contributed by atoms with Crippen LogP contribution in [0, 0.1) is 25.5 Å². The highest BCUT2D eigenvalue weighted by atomic mass is 32.1. The maximum atomic E-state index is 13.7. The van der Waals surface area contributed by atoms with Gasteiger partial charge in [-0.2, -0.15) is 0 Å². The Morgan fingerprint density at radius 2 is 1.89 bits per heavy atom. The Morgan fingerprint density at radius 3 is 2.37 bits per heavy atom. The molecule has 0 aliphatic carbocycles. The van der Waals surface area contributed by atoms with E-state index in [9.17, 15) is 8.78 Å². The summed E-state index contributed by atoms with van der Waals surface area (Å²) in [5.74, 6) is -1.00. The van der Waals surface area contributed by atoms with E-state index in [0.717, 1.165) is 15.6 Å². The average molecular weight is 282 g/mol. The zero-order valence-corrected chi connectivity index (χ0v) is 11.9. The third kappa shape index (κ3) is 2.98. The second-order valence-corrected chi connectivity index (χ2v) is 5.66. The Kier molecular flexibility index (Phi) is 4.27. The van der Waals surface area contributed by atoms with Gasteiger partial charge >= 0.3 is 0 Å². The SMILES string of the molecule is CNC(Cc1c(F)cccc1F)c1sc(C)nc1C. The minimum atomic E-state index is -0.501. The molecule has 102 valence electrons. The van der Waals surface area contributed by atoms with Crippen molar-refractivity contribution in [3.05, 3.63) is 51.0 Å². The molecule has 2 nitrogen and oxygen atoms in total. The third-order valence-electron chi connectivity index (χ3n) is 3.07. The van der Waals surface area contributed by atoms with E-state index >= 15 is 0 Å². The number of nitrogens with one attached hydrogen (secondary N) is 1. The first-order chi connectivity index (χ1) is 9.02. The summed E-state index contributed by atoms with van der Waals surface area (Å²) in [4.78, 5) is 5.39. The van der Waals surface area contributed by atoms with Crippen LogP contribution >= 0.6 is 11.3 Å². The Labute approximate surface area is 115 Å². The van der Waals surface area contributed by atoms with E-state index in [1.807, 2.05) is 13.8 Å². The average Bonchev–Trinajstić information content (AvgIpc) is 2.68. The first-order valence-corrected chi connectivity index (χ1v) is 6.88. The summed E-state index contributed by atoms with van der Waals surface area (Å²) in [6.45, 7) is 3.85. The number of benzene rings is 1. The van der Waals surface area contributed by atoms with Gasteiger partial charge in [-0.05, 0) is 39.4 Å². The smallest absolute Gasteiger partial charge is 0.129 e. The summed E-state index contributed by atoms with van der Waals surface area (Å²) in [6.07, 6.45) is 0.275. The number of hydrogen-bond acceptors (Lipinski definition) is 3. The summed E-state index contributed by atoms with van der Waals surface area (Å²) < 4.78 is 27.4. The van der Waals surface area contributed by atoms with Gasteiger partial charge in [-0.25, -0.2) is 13.8 Å². The molecule has 0 amide bonds. The summed E-state index contributed by atoms with van der Waals surface area (Å²) in [7, 11) is 1.79. The van der Waals surface area contributed by atoms with E-state index < -0.39 is 11.6 Å². The van der Waals surface area contributed by atoms with Gasteiger partial charge in [-0.3, -0.25) is 0 Å². The molecule has 0 aliphatic heterocycles. The Balaban J connectivity index is 2.32. The lowest BCUT2D eigenvalue weighted by Crippen LogP contribution is -2.19. The molecule has 0 saturated carbocycles. The lowest BCUT2D eigenvalue weighted by Gasteiger charge is -2.16. The van der Waals surface area contributed by atoms with Gasteiger partial charge < -0.3 is 5.32 Å². The number of thiazole rings is 1. The molecule has 1 N–H and O–H groups in total. The molecule has 1 aromatic heterocycles. The molecule has 1 atom stereocenters. The van der Waals surface area contributed by atoms with E-state index in [2.05, 4.69) is 10.3 Å². The van der Waals surface area contributed by atoms with Crippen molar-refractivity contribution in [3.8, 4) is 0 Å². The largest absolute Gasteiger partial charge is 0.312 e. The van der Waals surface area contributed by atoms with E-state index in [0.29, 0.717) is 0 Å². The molecule has 1 aromatic carbocycles. The number of aryl methyl sites for hydroxylation is 2. The van der Waals surface area contributed by atoms with E-state index in [1.54, 1.807) is 18.4 Å². The molecule has 1 heterocycles. The van der Waals surface area contributed by atoms with Crippen LogP contribution in [0.2, 0.25) is 0 Å². The van der Waals surface area contributed by atoms with E-state index in [-0.39, 0.29) is 18.0 Å². The van der Waals surface area contributed by atoms with Crippen LogP contribution in [0.25, 0.3) is 0 Å². The number of rotatable bonds is 4. The lowest BCUT2D eigenvalue weighted by atomic mass is 10.0. The van der Waals surface area contributed by atoms with Gasteiger partial charge in [0.1, 0.15) is 11.6 Å². The van der Waals surface area contributed by atoms with Gasteiger partial charge in [0.15, 0.2) is 0 Å². The summed E-state index contributed by atoms with van der Waals surface area (Å²) in [6, 6.07) is 3.83. The molecule has 0 radical (unpaired) electrons. The number of aromatic nitrogens is 1. The van der Waals surface area contributed by atoms with Crippen LogP contribution in [0.4, 0.5) is 8.78 Å². The van der Waals surface area contributed by atoms with Crippen LogP contribution in [0.1, 0.15) is 27.2 Å². The molecule has 2 aromatic rings. The molecule has 0 saturated heterocycles. The molecule has 0 fully saturated rings. The molecular formula is C14H16F2N2S. The maximum Gasteiger partial charge on any atom is 0.129 e. The van der Waals surface area contributed by atoms with Crippen LogP contribution < -0.4 is 5.32 Å². The molecule has 1 unspecified atom stereocenters. The highest BCUT2D eigenvalue weighted by Gasteiger charge is 2.20. The van der Waals surface area contributed by atoms with Crippen molar-refractivity contribution >= 4 is 11.3 Å². The van der Waals surface area contributed by atoms with Crippen molar-refractivity contribution in [1.29, 1.82) is 0 Å². The molecule has 0 bridgehead atoms. The number of nitrogens with zero attached hydrogens (tertiary/aromatic N) is 1. The fraction of sp³-hybridized carbons (Fsp3) is 0.357. The van der Waals surface area contributed by atoms with Crippen molar-refractivity contribution in [1.82, 2.24) is 10.3 Å². The van der Waals surface area contributed by atoms with Crippen molar-refractivity contribution in [3.63, 3.8) is 0 Å². The number of likely N-dealkylation sites (N-methyl/N-ethyl adjacent to an activating group) is 1. The topological polar surface area (TPSA) is 24.9 Å². The second kappa shape index (κ2) is 5.75. The zero-order valence-electron chi connectivity index (χ0n) is 11.1. The molecule has 2 rings (SSSR count). The van der Waals surface area contributed by atoms with Crippen LogP contribution in [-0.4, -0.2) is 12.0 Å². The predicted molar refractivity (Wildman–Crippen MR) is 73.5 cm³/mol. The van der Waals surface area contributed by atoms with Gasteiger partial charge in [0, 0.05) is 16.5 Å². The zero-order chi connectivity index (χ0) is 14.0. The Morgan fingerprint density at radius 1 is 1.26 bits per heavy atom. The van der Waals surface area contributed by atoms with Gasteiger partial charge in [0.2, 0.25) is 0 Å². The van der Waals surface area contributed by atoms with Crippen molar-refractivity contribution < 1.29 is 8.78 Å². The fourth-order valence-corrected chi connectivity index (χ4v) is 3.17. The van der Waals surface area contributed by atoms with E-state index in [1.165, 1.54) is 18.2 Å². The number of halogens is 2. The first-order valence-electron chi connectivity index (χ1n) is 6.07. The lowest BCUT2D eigenvalue weighted by molar-refractivity contribution is 0.517. The fourth-order valence-electron chi connectivity index (χ4n) is 2.13. The number of hydrogen-bond donors (Lipinski definition) is 1. The molecule has 19 heavy (non-hydrogen) atoms. The minimum absolute atomic E-state index is 0.118. The standard InChI is InChI=1S/C14H16F2N2S/c1-8-14(19-9(2)18-8)13(17-3)7-10-11(15)5-4-6-12(10)16/h4-6,13,17H,7H2,1-3H3. The van der Waals surface area contributed by atoms with Gasteiger partial charge in [0.25, 0.3) is 0 Å². The molecular weight excluding hydrogens is 266 g/mol. The van der Waals surface area contributed by atoms with Gasteiger partial charge in [0.05, 0.1) is 10.7 Å². The van der Waals surface area contributed by atoms with E-state index in [4.69, 9.17) is 0 Å². The second-order valence-electron chi connectivity index (χ2n) is 4.43. The van der Waals surface area contributed by atoms with Gasteiger partial charge in [-0.1, -0.05) is 6.07 Å². The van der Waals surface area contributed by atoms with Gasteiger partial charge in [-0.15, -0.1) is 11.3 Å². The molecule has 0 spiro atoms. The Bertz CT molecular complexity index is 561. The van der Waals surface area contributed by atoms with Crippen molar-refractivity contribution in [2.75, 3.05) is 7.05 Å². The third-order valence-corrected chi connectivity index (χ3v) is 4.26. The van der Waals surface area contributed by atoms with Crippen LogP contribution in [0.5, 0.6) is 0 Å². The van der Waals surface area contributed by atoms with Crippen LogP contribution in [0.3, 0.4) is 0 Å². The molecule has 5 heteroatoms. The maximum absolute atomic E-state index is 13.7. The highest BCUT2D eigenvalue weighted by Crippen LogP contribution is 2.28. The monoisotopic (exact) mass is 282 g/mol. The first kappa shape index (κ1) is 14.1. The summed E-state index contributed by atoms with van der Waals surface area (Å²) in [5.41, 5.74) is 1.03. The Hall–Kier alpha value is -1.33.